The van der Waals surface area contributed by atoms with E-state index < -0.39 is 45.5 Å². The van der Waals surface area contributed by atoms with Crippen LogP contribution in [-0.4, -0.2) is 282 Å². The van der Waals surface area contributed by atoms with Crippen molar-refractivity contribution in [1.29, 1.82) is 0 Å². The average Bonchev–Trinajstić information content (AvgIpc) is 1.56. The summed E-state index contributed by atoms with van der Waals surface area (Å²) in [5.41, 5.74) is 13.3. The van der Waals surface area contributed by atoms with Crippen molar-refractivity contribution < 1.29 is 51.3 Å². The van der Waals surface area contributed by atoms with E-state index in [0.717, 1.165) is 238 Å². The van der Waals surface area contributed by atoms with Gasteiger partial charge in [0.2, 0.25) is 17.7 Å². The summed E-state index contributed by atoms with van der Waals surface area (Å²) >= 11 is 0. The third-order valence-electron chi connectivity index (χ3n) is 35.7. The predicted molar refractivity (Wildman–Crippen MR) is 570 cm³/mol. The Morgan fingerprint density at radius 1 is 0.427 bits per heavy atom. The van der Waals surface area contributed by atoms with Crippen LogP contribution in [0.1, 0.15) is 207 Å². The van der Waals surface area contributed by atoms with Crippen molar-refractivity contribution in [3.8, 4) is 33.8 Å². The summed E-state index contributed by atoms with van der Waals surface area (Å²) in [6.45, 7) is 35.7. The van der Waals surface area contributed by atoms with Crippen molar-refractivity contribution in [3.63, 3.8) is 0 Å². The minimum absolute atomic E-state index is 0.0756. The first-order valence-corrected chi connectivity index (χ1v) is 54.4. The Hall–Kier alpha value is -12.4. The monoisotopic (exact) mass is 2040 g/mol. The second-order valence-electron chi connectivity index (χ2n) is 47.1. The minimum Gasteiger partial charge on any atom is -0.381 e. The van der Waals surface area contributed by atoms with E-state index in [-0.39, 0.29) is 71.3 Å². The molecule has 3 aromatic carbocycles. The first kappa shape index (κ1) is 99.6. The number of alkyl halides is 1. The highest BCUT2D eigenvalue weighted by Gasteiger charge is 2.61. The number of hydrogen-bond donors (Lipinski definition) is 4. The van der Waals surface area contributed by atoms with E-state index in [2.05, 4.69) is 186 Å². The van der Waals surface area contributed by atoms with Crippen LogP contribution in [0.4, 0.5) is 69.1 Å². The maximum Gasteiger partial charge on any atom is 0.253 e. The lowest BCUT2D eigenvalue weighted by atomic mass is 9.73. The largest absolute Gasteiger partial charge is 0.381 e. The number of nitrogens with zero attached hydrogens (tertiary/aromatic N) is 21. The van der Waals surface area contributed by atoms with Crippen molar-refractivity contribution in [2.75, 3.05) is 136 Å². The highest BCUT2D eigenvalue weighted by atomic mass is 19.1. The fraction of sp³-hybridized carbons (Fsp3) is 0.522. The number of fused-ring (bicyclic) bond motifs is 9. The molecule has 0 unspecified atom stereocenters. The molecule has 11 aliphatic heterocycles. The molecule has 31 nitrogen and oxygen atoms in total. The van der Waals surface area contributed by atoms with E-state index in [9.17, 15) is 41.8 Å². The molecule has 0 radical (unpaired) electrons. The zero-order valence-corrected chi connectivity index (χ0v) is 87.6. The highest BCUT2D eigenvalue weighted by Crippen LogP contribution is 2.58. The summed E-state index contributed by atoms with van der Waals surface area (Å²) in [6.07, 6.45) is 25.7. The molecule has 26 rings (SSSR count). The summed E-state index contributed by atoms with van der Waals surface area (Å²) in [4.78, 5) is 119. The van der Waals surface area contributed by atoms with Crippen LogP contribution in [0.2, 0.25) is 0 Å². The second kappa shape index (κ2) is 38.8. The number of halogens is 4. The molecule has 8 saturated heterocycles. The molecule has 11 fully saturated rings. The molecule has 4 N–H and O–H groups in total. The number of piperidine rings is 3. The Bertz CT molecular complexity index is 6940. The molecule has 3 saturated carbocycles. The van der Waals surface area contributed by atoms with Gasteiger partial charge in [-0.25, -0.2) is 47.5 Å². The summed E-state index contributed by atoms with van der Waals surface area (Å²) in [5, 5.41) is 20.1. The average molecular weight is 2040 g/mol. The Balaban J connectivity index is 0.000000120. The summed E-state index contributed by atoms with van der Waals surface area (Å²) in [6, 6.07) is 32.7. The van der Waals surface area contributed by atoms with Gasteiger partial charge >= 0.3 is 0 Å². The molecule has 0 bridgehead atoms. The number of rotatable bonds is 21. The maximum absolute atomic E-state index is 14.8. The highest BCUT2D eigenvalue weighted by molar-refractivity contribution is 6.12. The summed E-state index contributed by atoms with van der Waals surface area (Å²) in [5.74, 6) is 1.12. The number of imidazole rings is 3. The number of aromatic nitrogens is 12. The Labute approximate surface area is 871 Å². The van der Waals surface area contributed by atoms with E-state index in [1.54, 1.807) is 48.1 Å². The third kappa shape index (κ3) is 17.6. The lowest BCUT2D eigenvalue weighted by molar-refractivity contribution is -0.150. The summed E-state index contributed by atoms with van der Waals surface area (Å²) < 4.78 is 75.6. The number of nitrogens with one attached hydrogen (secondary N) is 3. The zero-order chi connectivity index (χ0) is 104. The number of amides is 4. The molecule has 3 spiro atoms. The molecule has 4 amide bonds. The normalized spacial score (nSPS) is 24.7. The molecule has 35 heteroatoms. The molecule has 20 heterocycles. The molecule has 12 aromatic rings. The first-order chi connectivity index (χ1) is 72.2. The van der Waals surface area contributed by atoms with Crippen LogP contribution in [0.25, 0.3) is 66.9 Å². The van der Waals surface area contributed by atoms with Crippen LogP contribution in [0, 0.1) is 28.8 Å². The van der Waals surface area contributed by atoms with Crippen LogP contribution in [0.15, 0.2) is 147 Å². The van der Waals surface area contributed by atoms with Crippen LogP contribution < -0.4 is 30.7 Å². The Kier molecular flexibility index (Phi) is 25.7. The van der Waals surface area contributed by atoms with Gasteiger partial charge < -0.3 is 63.8 Å². The van der Waals surface area contributed by atoms with Crippen LogP contribution in [0.3, 0.4) is 0 Å². The number of anilines is 9. The van der Waals surface area contributed by atoms with Crippen molar-refractivity contribution in [2.45, 2.75) is 267 Å². The van der Waals surface area contributed by atoms with E-state index in [1.165, 1.54) is 58.0 Å². The number of ether oxygens (including phenoxy) is 2. The van der Waals surface area contributed by atoms with Gasteiger partial charge in [0.25, 0.3) is 5.91 Å². The number of likely N-dealkylation sites (tertiary alicyclic amines) is 6. The summed E-state index contributed by atoms with van der Waals surface area (Å²) in [7, 11) is 0. The maximum atomic E-state index is 14.8. The van der Waals surface area contributed by atoms with Gasteiger partial charge in [0.15, 0.2) is 34.9 Å². The number of benzene rings is 3. The lowest BCUT2D eigenvalue weighted by Gasteiger charge is -2.47. The molecular formula is C115H136F4N24O7. The fourth-order valence-electron chi connectivity index (χ4n) is 26.6. The van der Waals surface area contributed by atoms with Crippen molar-refractivity contribution in [2.24, 2.45) is 11.3 Å². The van der Waals surface area contributed by atoms with E-state index in [1.807, 2.05) is 39.7 Å². The lowest BCUT2D eigenvalue weighted by Crippen LogP contribution is -2.59. The predicted octanol–water partition coefficient (Wildman–Crippen LogP) is 17.7. The first-order valence-electron chi connectivity index (χ1n) is 54.4. The molecule has 14 aliphatic rings. The number of carbonyl (C=O) groups excluding carboxylic acids is 4. The van der Waals surface area contributed by atoms with Gasteiger partial charge in [0, 0.05) is 146 Å². The molecule has 9 aromatic heterocycles. The number of carbonyl (C=O) groups is 4. The number of aliphatic hydroxyl groups is 1. The van der Waals surface area contributed by atoms with E-state index >= 15 is 0 Å². The Morgan fingerprint density at radius 3 is 1.07 bits per heavy atom. The van der Waals surface area contributed by atoms with Gasteiger partial charge in [-0.15, -0.1) is 0 Å². The van der Waals surface area contributed by atoms with E-state index in [0.29, 0.717) is 109 Å². The SMILES string of the molecule is CC(C)n1cnc2cc(-c3ccc4c(c3)N(C3CC(N5CCC(C)(C)C5)C3)C(=O)C43CCN(C(=O)C(C)(C)O)CC3)nc(Nc3ccncc3F)c21.CC(C)n1cnc2cc(-c3ccc4c(c3)N(C3CC(N5CC[C@@H](C)C5)C3)C(=O)C43CCN(C4COC4)CC3)nc(Nc3ccncc3F)c21.CC(C)n1cnc2cc(-c3ccc4c(c3)N(C3CC(N5CC[C@@H](F)C5)C3)C(=O)C43CCN(C4COC4)CC3)nc(Nc3ccncc3F)c21. The van der Waals surface area contributed by atoms with Gasteiger partial charge in [0.1, 0.15) is 28.3 Å². The zero-order valence-electron chi connectivity index (χ0n) is 87.6. The van der Waals surface area contributed by atoms with Gasteiger partial charge in [-0.3, -0.25) is 58.6 Å². The third-order valence-corrected chi connectivity index (χ3v) is 35.7. The van der Waals surface area contributed by atoms with Gasteiger partial charge in [-0.1, -0.05) is 57.2 Å². The van der Waals surface area contributed by atoms with Crippen LogP contribution in [-0.2, 0) is 44.9 Å². The quantitative estimate of drug-likeness (QED) is 0.0486. The van der Waals surface area contributed by atoms with Gasteiger partial charge in [-0.05, 0) is 274 Å². The Morgan fingerprint density at radius 2 is 0.767 bits per heavy atom. The van der Waals surface area contributed by atoms with Crippen LogP contribution in [0.5, 0.6) is 0 Å². The van der Waals surface area contributed by atoms with Gasteiger partial charge in [0.05, 0.1) is 143 Å². The fourth-order valence-corrected chi connectivity index (χ4v) is 26.6. The van der Waals surface area contributed by atoms with Gasteiger partial charge in [-0.2, -0.15) is 0 Å². The van der Waals surface area contributed by atoms with Crippen molar-refractivity contribution in [1.82, 2.24) is 88.0 Å². The van der Waals surface area contributed by atoms with Crippen LogP contribution >= 0.6 is 0 Å². The van der Waals surface area contributed by atoms with E-state index in [4.69, 9.17) is 39.4 Å². The second-order valence-corrected chi connectivity index (χ2v) is 47.1. The number of hydrogen-bond acceptors (Lipinski definition) is 24. The molecular weight excluding hydrogens is 1910 g/mol. The minimum atomic E-state index is -1.47. The molecule has 786 valence electrons. The molecule has 2 atom stereocenters. The van der Waals surface area contributed by atoms with Crippen molar-refractivity contribution >= 4 is 108 Å². The smallest absolute Gasteiger partial charge is 0.253 e. The number of pyridine rings is 6. The molecule has 3 aliphatic carbocycles. The van der Waals surface area contributed by atoms with Crippen molar-refractivity contribution in [3.05, 3.63) is 181 Å². The molecule has 150 heavy (non-hydrogen) atoms. The topological polar surface area (TPSA) is 303 Å². The standard InChI is InChI=1S/C40H49FN8O3.C38H45FN8O2.C37H42F2N8O2/c1-24(2)48-23-43-32-20-31(45-35(34(32)48)44-30-9-13-42-21-29(30)41)25-7-8-28-33(17-25)49(27-18-26(19-27)47-14-10-38(3,4)22-47)37(51)40(28)11-15-46(16-12-40)36(50)39(5,6)52;1-23(2)46-22-41-33-17-32(43-36(35(33)46)42-31-6-10-40-18-30(31)39)25-4-5-29-34(14-25)47(27-15-26(16-27)45-11-7-24(3)19-45)37(48)38(29)8-12-44(13-9-38)28-20-49-21-28;1-22(2)46-21-41-32-16-31(43-35(34(32)46)42-30-5-9-40-17-29(30)39)23-3-4-28-33(13-23)47(26-14-25(15-26)45-10-6-24(38)18-45)36(48)37(28)7-11-44(12-8-37)27-19-49-20-27/h7-9,13,17,20-21,23-24,26-27,52H,10-12,14-16,18-19,22H2,1-6H3,(H,42,44,45);4-6,10,14,17-18,22-24,26-28H,7-9,11-13,15-16,19-21H2,1-3H3,(H,40,42,43);3-5,9,13,16-17,21-22,24-27H,6-8,10-12,14-15,18-20H2,1-2H3,(H,40,42,43)/t;24-,26?,27?;24-,25?,26?/m.11/s1.